The molecule has 0 fully saturated rings. The van der Waals surface area contributed by atoms with Crippen molar-refractivity contribution in [1.82, 2.24) is 10.2 Å². The van der Waals surface area contributed by atoms with Gasteiger partial charge in [0.1, 0.15) is 0 Å². The molecular weight excluding hydrogens is 308 g/mol. The predicted octanol–water partition coefficient (Wildman–Crippen LogP) is 2.75. The average molecular weight is 328 g/mol. The first-order chi connectivity index (χ1) is 11.2. The maximum atomic E-state index is 12.7. The molecule has 1 aliphatic rings. The van der Waals surface area contributed by atoms with E-state index in [0.29, 0.717) is 6.54 Å². The lowest BCUT2D eigenvalue weighted by Gasteiger charge is -2.36. The zero-order valence-electron chi connectivity index (χ0n) is 13.1. The van der Waals surface area contributed by atoms with Gasteiger partial charge in [0, 0.05) is 31.3 Å². The molecule has 3 rings (SSSR count). The molecule has 2 aromatic rings. The van der Waals surface area contributed by atoms with Gasteiger partial charge in [0.2, 0.25) is 11.8 Å². The lowest BCUT2D eigenvalue weighted by atomic mass is 9.93. The Morgan fingerprint density at radius 2 is 2.00 bits per heavy atom. The van der Waals surface area contributed by atoms with E-state index < -0.39 is 0 Å². The molecule has 0 saturated heterocycles. The monoisotopic (exact) mass is 328 g/mol. The van der Waals surface area contributed by atoms with Crippen molar-refractivity contribution in [2.75, 3.05) is 13.6 Å². The van der Waals surface area contributed by atoms with Gasteiger partial charge < -0.3 is 10.2 Å². The summed E-state index contributed by atoms with van der Waals surface area (Å²) in [4.78, 5) is 27.4. The van der Waals surface area contributed by atoms with E-state index in [1.54, 1.807) is 18.4 Å². The summed E-state index contributed by atoms with van der Waals surface area (Å²) in [6.45, 7) is 0.708. The largest absolute Gasteiger partial charge is 0.359 e. The van der Waals surface area contributed by atoms with E-state index in [1.807, 2.05) is 23.1 Å². The predicted molar refractivity (Wildman–Crippen MR) is 91.3 cm³/mol. The fourth-order valence-electron chi connectivity index (χ4n) is 3.07. The van der Waals surface area contributed by atoms with Crippen molar-refractivity contribution in [2.24, 2.45) is 0 Å². The van der Waals surface area contributed by atoms with Gasteiger partial charge in [0.05, 0.1) is 6.04 Å². The molecular formula is C18H20N2O2S. The van der Waals surface area contributed by atoms with Gasteiger partial charge in [-0.15, -0.1) is 11.3 Å². The van der Waals surface area contributed by atoms with Crippen molar-refractivity contribution in [3.63, 3.8) is 0 Å². The third-order valence-electron chi connectivity index (χ3n) is 4.25. The standard InChI is InChI=1S/C18H20N2O2S/c1-19-16(21)7-8-17(22)20-11-9-15-14(10-12-23-15)18(20)13-5-3-2-4-6-13/h2-6,10,12,18H,7-9,11H2,1H3,(H,19,21). The maximum absolute atomic E-state index is 12.7. The van der Waals surface area contributed by atoms with Crippen LogP contribution in [-0.2, 0) is 16.0 Å². The van der Waals surface area contributed by atoms with Crippen LogP contribution in [0.1, 0.15) is 34.9 Å². The molecule has 5 heteroatoms. The number of carbonyl (C=O) groups excluding carboxylic acids is 2. The first-order valence-electron chi connectivity index (χ1n) is 7.82. The molecule has 0 saturated carbocycles. The van der Waals surface area contributed by atoms with Crippen LogP contribution in [0, 0.1) is 0 Å². The Kier molecular flexibility index (Phi) is 4.76. The van der Waals surface area contributed by atoms with Crippen LogP contribution in [0.2, 0.25) is 0 Å². The van der Waals surface area contributed by atoms with E-state index in [1.165, 1.54) is 10.4 Å². The van der Waals surface area contributed by atoms with Gasteiger partial charge >= 0.3 is 0 Å². The molecule has 23 heavy (non-hydrogen) atoms. The Morgan fingerprint density at radius 3 is 2.74 bits per heavy atom. The summed E-state index contributed by atoms with van der Waals surface area (Å²) in [7, 11) is 1.60. The number of fused-ring (bicyclic) bond motifs is 1. The fourth-order valence-corrected chi connectivity index (χ4v) is 3.97. The molecule has 1 unspecified atom stereocenters. The number of carbonyl (C=O) groups is 2. The van der Waals surface area contributed by atoms with Gasteiger partial charge in [-0.05, 0) is 29.0 Å². The molecule has 0 aliphatic carbocycles. The van der Waals surface area contributed by atoms with Crippen LogP contribution >= 0.6 is 11.3 Å². The Hall–Kier alpha value is -2.14. The first-order valence-corrected chi connectivity index (χ1v) is 8.70. The highest BCUT2D eigenvalue weighted by molar-refractivity contribution is 7.10. The smallest absolute Gasteiger partial charge is 0.223 e. The van der Waals surface area contributed by atoms with Crippen LogP contribution in [0.5, 0.6) is 0 Å². The second-order valence-corrected chi connectivity index (χ2v) is 6.62. The minimum absolute atomic E-state index is 0.0385. The van der Waals surface area contributed by atoms with E-state index >= 15 is 0 Å². The van der Waals surface area contributed by atoms with Crippen LogP contribution in [-0.4, -0.2) is 30.3 Å². The van der Waals surface area contributed by atoms with Gasteiger partial charge in [-0.25, -0.2) is 0 Å². The molecule has 0 bridgehead atoms. The number of hydrogen-bond acceptors (Lipinski definition) is 3. The molecule has 2 amide bonds. The average Bonchev–Trinajstić information content (AvgIpc) is 3.07. The molecule has 0 spiro atoms. The fraction of sp³-hybridized carbons (Fsp3) is 0.333. The molecule has 1 aliphatic heterocycles. The Balaban J connectivity index is 1.87. The number of nitrogens with zero attached hydrogens (tertiary/aromatic N) is 1. The van der Waals surface area contributed by atoms with E-state index in [9.17, 15) is 9.59 Å². The third-order valence-corrected chi connectivity index (χ3v) is 5.24. The zero-order valence-corrected chi connectivity index (χ0v) is 13.9. The summed E-state index contributed by atoms with van der Waals surface area (Å²) in [5, 5.41) is 4.67. The second-order valence-electron chi connectivity index (χ2n) is 5.62. The summed E-state index contributed by atoms with van der Waals surface area (Å²) in [6, 6.07) is 12.2. The van der Waals surface area contributed by atoms with Crippen LogP contribution in [0.25, 0.3) is 0 Å². The van der Waals surface area contributed by atoms with Crippen LogP contribution in [0.3, 0.4) is 0 Å². The Bertz CT molecular complexity index is 696. The molecule has 4 nitrogen and oxygen atoms in total. The molecule has 2 heterocycles. The molecule has 0 radical (unpaired) electrons. The Morgan fingerprint density at radius 1 is 1.22 bits per heavy atom. The number of amides is 2. The number of benzene rings is 1. The SMILES string of the molecule is CNC(=O)CCC(=O)N1CCc2sccc2C1c1ccccc1. The highest BCUT2D eigenvalue weighted by atomic mass is 32.1. The molecule has 1 aromatic carbocycles. The lowest BCUT2D eigenvalue weighted by molar-refractivity contribution is -0.135. The van der Waals surface area contributed by atoms with Crippen molar-refractivity contribution >= 4 is 23.2 Å². The zero-order chi connectivity index (χ0) is 16.2. The van der Waals surface area contributed by atoms with Crippen LogP contribution in [0.15, 0.2) is 41.8 Å². The van der Waals surface area contributed by atoms with Crippen molar-refractivity contribution < 1.29 is 9.59 Å². The van der Waals surface area contributed by atoms with Crippen molar-refractivity contribution in [3.05, 3.63) is 57.8 Å². The van der Waals surface area contributed by atoms with Gasteiger partial charge in [-0.3, -0.25) is 9.59 Å². The number of rotatable bonds is 4. The number of thiophene rings is 1. The second kappa shape index (κ2) is 6.96. The minimum Gasteiger partial charge on any atom is -0.359 e. The summed E-state index contributed by atoms with van der Waals surface area (Å²) >= 11 is 1.76. The maximum Gasteiger partial charge on any atom is 0.223 e. The molecule has 1 N–H and O–H groups in total. The third kappa shape index (κ3) is 3.29. The summed E-state index contributed by atoms with van der Waals surface area (Å²) < 4.78 is 0. The van der Waals surface area contributed by atoms with Gasteiger partial charge in [-0.1, -0.05) is 30.3 Å². The van der Waals surface area contributed by atoms with Gasteiger partial charge in [0.15, 0.2) is 0 Å². The van der Waals surface area contributed by atoms with E-state index in [-0.39, 0.29) is 30.7 Å². The summed E-state index contributed by atoms with van der Waals surface area (Å²) in [5.41, 5.74) is 2.35. The quantitative estimate of drug-likeness (QED) is 0.938. The highest BCUT2D eigenvalue weighted by Crippen LogP contribution is 2.37. The van der Waals surface area contributed by atoms with Gasteiger partial charge in [0.25, 0.3) is 0 Å². The van der Waals surface area contributed by atoms with Gasteiger partial charge in [-0.2, -0.15) is 0 Å². The minimum atomic E-state index is -0.0946. The topological polar surface area (TPSA) is 49.4 Å². The lowest BCUT2D eigenvalue weighted by Crippen LogP contribution is -2.40. The number of nitrogens with one attached hydrogen (secondary N) is 1. The molecule has 120 valence electrons. The van der Waals surface area contributed by atoms with Crippen molar-refractivity contribution in [3.8, 4) is 0 Å². The van der Waals surface area contributed by atoms with Crippen LogP contribution in [0.4, 0.5) is 0 Å². The van der Waals surface area contributed by atoms with E-state index in [4.69, 9.17) is 0 Å². The van der Waals surface area contributed by atoms with Crippen molar-refractivity contribution in [1.29, 1.82) is 0 Å². The van der Waals surface area contributed by atoms with E-state index in [0.717, 1.165) is 12.0 Å². The molecule has 1 atom stereocenters. The first kappa shape index (κ1) is 15.7. The summed E-state index contributed by atoms with van der Waals surface area (Å²) in [6.07, 6.45) is 1.38. The molecule has 1 aromatic heterocycles. The number of hydrogen-bond donors (Lipinski definition) is 1. The van der Waals surface area contributed by atoms with E-state index in [2.05, 4.69) is 28.9 Å². The Labute approximate surface area is 140 Å². The highest BCUT2D eigenvalue weighted by Gasteiger charge is 2.32. The van der Waals surface area contributed by atoms with Crippen LogP contribution < -0.4 is 5.32 Å². The van der Waals surface area contributed by atoms with Crippen molar-refractivity contribution in [2.45, 2.75) is 25.3 Å². The summed E-state index contributed by atoms with van der Waals surface area (Å²) in [5.74, 6) is -0.0536. The normalized spacial score (nSPS) is 16.7.